The fourth-order valence-electron chi connectivity index (χ4n) is 2.01. The number of nitrogens with one attached hydrogen (secondary N) is 1. The molecule has 21 heavy (non-hydrogen) atoms. The number of anilines is 2. The van der Waals surface area contributed by atoms with Crippen molar-refractivity contribution >= 4 is 23.4 Å². The summed E-state index contributed by atoms with van der Waals surface area (Å²) in [6.45, 7) is 4.38. The van der Waals surface area contributed by atoms with E-state index in [1.807, 2.05) is 25.0 Å². The molecule has 0 saturated heterocycles. The van der Waals surface area contributed by atoms with Crippen LogP contribution in [-0.2, 0) is 6.18 Å². The number of alkyl halides is 3. The SMILES string of the molecule is CCNc1cc(C(F)(F)F)cc(N(C)C(CC)CSC)n1. The summed E-state index contributed by atoms with van der Waals surface area (Å²) in [7, 11) is 1.79. The lowest BCUT2D eigenvalue weighted by molar-refractivity contribution is -0.137. The number of nitrogens with zero attached hydrogens (tertiary/aromatic N) is 2. The topological polar surface area (TPSA) is 28.2 Å². The van der Waals surface area contributed by atoms with E-state index in [4.69, 9.17) is 0 Å². The van der Waals surface area contributed by atoms with Crippen molar-refractivity contribution in [1.29, 1.82) is 0 Å². The molecule has 1 atom stereocenters. The summed E-state index contributed by atoms with van der Waals surface area (Å²) in [6.07, 6.45) is -1.53. The zero-order valence-electron chi connectivity index (χ0n) is 12.8. The van der Waals surface area contributed by atoms with E-state index < -0.39 is 11.7 Å². The Hall–Kier alpha value is -1.11. The zero-order valence-corrected chi connectivity index (χ0v) is 13.6. The van der Waals surface area contributed by atoms with Crippen LogP contribution in [0.1, 0.15) is 25.8 Å². The number of pyridine rings is 1. The predicted octanol–water partition coefficient (Wildman–Crippen LogP) is 4.11. The fraction of sp³-hybridized carbons (Fsp3) is 0.643. The summed E-state index contributed by atoms with van der Waals surface area (Å²) in [4.78, 5) is 6.12. The molecule has 0 bridgehead atoms. The average molecular weight is 321 g/mol. The first-order valence-electron chi connectivity index (χ1n) is 6.88. The first kappa shape index (κ1) is 17.9. The number of hydrogen-bond acceptors (Lipinski definition) is 4. The van der Waals surface area contributed by atoms with Gasteiger partial charge in [0.05, 0.1) is 5.56 Å². The highest BCUT2D eigenvalue weighted by Gasteiger charge is 2.32. The van der Waals surface area contributed by atoms with Crippen LogP contribution in [0, 0.1) is 0 Å². The van der Waals surface area contributed by atoms with E-state index in [9.17, 15) is 13.2 Å². The molecule has 1 rings (SSSR count). The first-order chi connectivity index (χ1) is 9.83. The normalized spacial score (nSPS) is 13.1. The lowest BCUT2D eigenvalue weighted by Gasteiger charge is -2.28. The van der Waals surface area contributed by atoms with Crippen LogP contribution in [-0.4, -0.2) is 36.6 Å². The molecule has 1 unspecified atom stereocenters. The second-order valence-electron chi connectivity index (χ2n) is 4.76. The molecular formula is C14H22F3N3S. The van der Waals surface area contributed by atoms with E-state index in [0.717, 1.165) is 24.3 Å². The van der Waals surface area contributed by atoms with Gasteiger partial charge in [0.25, 0.3) is 0 Å². The van der Waals surface area contributed by atoms with Crippen molar-refractivity contribution in [2.45, 2.75) is 32.5 Å². The number of hydrogen-bond donors (Lipinski definition) is 1. The number of aromatic nitrogens is 1. The smallest absolute Gasteiger partial charge is 0.370 e. The Kier molecular flexibility index (Phi) is 6.64. The van der Waals surface area contributed by atoms with Gasteiger partial charge >= 0.3 is 6.18 Å². The molecule has 0 aliphatic heterocycles. The van der Waals surface area contributed by atoms with Crippen LogP contribution < -0.4 is 10.2 Å². The highest BCUT2D eigenvalue weighted by molar-refractivity contribution is 7.98. The molecule has 1 aromatic heterocycles. The molecule has 1 heterocycles. The zero-order chi connectivity index (χ0) is 16.0. The van der Waals surface area contributed by atoms with Gasteiger partial charge < -0.3 is 10.2 Å². The minimum absolute atomic E-state index is 0.158. The largest absolute Gasteiger partial charge is 0.416 e. The maximum atomic E-state index is 13.0. The minimum atomic E-state index is -4.37. The molecule has 1 N–H and O–H groups in total. The van der Waals surface area contributed by atoms with Crippen LogP contribution in [0.5, 0.6) is 0 Å². The Morgan fingerprint density at radius 3 is 2.48 bits per heavy atom. The Morgan fingerprint density at radius 2 is 2.00 bits per heavy atom. The predicted molar refractivity (Wildman–Crippen MR) is 84.3 cm³/mol. The molecule has 0 radical (unpaired) electrons. The summed E-state index contributed by atoms with van der Waals surface area (Å²) in [5, 5.41) is 2.86. The van der Waals surface area contributed by atoms with Gasteiger partial charge in [-0.25, -0.2) is 4.98 Å². The monoisotopic (exact) mass is 321 g/mol. The summed E-state index contributed by atoms with van der Waals surface area (Å²) in [5.74, 6) is 1.46. The van der Waals surface area contributed by atoms with Crippen LogP contribution in [0.4, 0.5) is 24.8 Å². The molecular weight excluding hydrogens is 299 g/mol. The standard InChI is InChI=1S/C14H22F3N3S/c1-5-11(9-21-4)20(3)13-8-10(14(15,16)17)7-12(19-13)18-6-2/h7-8,11H,5-6,9H2,1-4H3,(H,18,19). The molecule has 120 valence electrons. The molecule has 1 aromatic rings. The van der Waals surface area contributed by atoms with Crippen molar-refractivity contribution in [3.63, 3.8) is 0 Å². The highest BCUT2D eigenvalue weighted by Crippen LogP contribution is 2.33. The third-order valence-electron chi connectivity index (χ3n) is 3.24. The summed E-state index contributed by atoms with van der Waals surface area (Å²) in [5.41, 5.74) is -0.672. The van der Waals surface area contributed by atoms with Gasteiger partial charge in [0.2, 0.25) is 0 Å². The van der Waals surface area contributed by atoms with E-state index in [1.54, 1.807) is 18.8 Å². The van der Waals surface area contributed by atoms with Gasteiger partial charge in [0.1, 0.15) is 11.6 Å². The van der Waals surface area contributed by atoms with E-state index in [1.165, 1.54) is 0 Å². The lowest BCUT2D eigenvalue weighted by Crippen LogP contribution is -2.34. The Labute approximate surface area is 128 Å². The van der Waals surface area contributed by atoms with Crippen LogP contribution in [0.25, 0.3) is 0 Å². The lowest BCUT2D eigenvalue weighted by atomic mass is 10.2. The van der Waals surface area contributed by atoms with Crippen LogP contribution in [0.15, 0.2) is 12.1 Å². The Bertz CT molecular complexity index is 452. The van der Waals surface area contributed by atoms with Gasteiger partial charge in [-0.1, -0.05) is 6.92 Å². The van der Waals surface area contributed by atoms with Crippen molar-refractivity contribution in [3.05, 3.63) is 17.7 Å². The molecule has 0 aromatic carbocycles. The molecule has 0 aliphatic rings. The number of thioether (sulfide) groups is 1. The summed E-state index contributed by atoms with van der Waals surface area (Å²) >= 11 is 1.67. The third kappa shape index (κ3) is 4.98. The van der Waals surface area contributed by atoms with E-state index in [0.29, 0.717) is 12.4 Å². The molecule has 7 heteroatoms. The van der Waals surface area contributed by atoms with Crippen LogP contribution >= 0.6 is 11.8 Å². The summed E-state index contributed by atoms with van der Waals surface area (Å²) < 4.78 is 39.0. The minimum Gasteiger partial charge on any atom is -0.370 e. The van der Waals surface area contributed by atoms with Gasteiger partial charge in [-0.2, -0.15) is 24.9 Å². The van der Waals surface area contributed by atoms with Gasteiger partial charge in [-0.15, -0.1) is 0 Å². The molecule has 0 saturated carbocycles. The average Bonchev–Trinajstić information content (AvgIpc) is 2.43. The second kappa shape index (κ2) is 7.77. The third-order valence-corrected chi connectivity index (χ3v) is 3.95. The van der Waals surface area contributed by atoms with Crippen molar-refractivity contribution in [1.82, 2.24) is 4.98 Å². The fourth-order valence-corrected chi connectivity index (χ4v) is 2.86. The van der Waals surface area contributed by atoms with Crippen molar-refractivity contribution in [3.8, 4) is 0 Å². The highest BCUT2D eigenvalue weighted by atomic mass is 32.2. The van der Waals surface area contributed by atoms with Crippen molar-refractivity contribution < 1.29 is 13.2 Å². The van der Waals surface area contributed by atoms with Crippen LogP contribution in [0.2, 0.25) is 0 Å². The quantitative estimate of drug-likeness (QED) is 0.818. The van der Waals surface area contributed by atoms with E-state index in [2.05, 4.69) is 10.3 Å². The van der Waals surface area contributed by atoms with Gasteiger partial charge in [0.15, 0.2) is 0 Å². The van der Waals surface area contributed by atoms with Gasteiger partial charge in [-0.3, -0.25) is 0 Å². The molecule has 3 nitrogen and oxygen atoms in total. The van der Waals surface area contributed by atoms with Crippen molar-refractivity contribution in [2.75, 3.05) is 35.8 Å². The second-order valence-corrected chi connectivity index (χ2v) is 5.67. The molecule has 0 amide bonds. The van der Waals surface area contributed by atoms with Gasteiger partial charge in [-0.05, 0) is 31.7 Å². The van der Waals surface area contributed by atoms with E-state index >= 15 is 0 Å². The molecule has 0 aliphatic carbocycles. The van der Waals surface area contributed by atoms with Crippen LogP contribution in [0.3, 0.4) is 0 Å². The molecule has 0 spiro atoms. The summed E-state index contributed by atoms with van der Waals surface area (Å²) in [6, 6.07) is 2.32. The number of rotatable bonds is 7. The first-order valence-corrected chi connectivity index (χ1v) is 8.27. The Balaban J connectivity index is 3.17. The molecule has 0 fully saturated rings. The Morgan fingerprint density at radius 1 is 1.33 bits per heavy atom. The maximum Gasteiger partial charge on any atom is 0.416 e. The van der Waals surface area contributed by atoms with E-state index in [-0.39, 0.29) is 11.9 Å². The van der Waals surface area contributed by atoms with Gasteiger partial charge in [0, 0.05) is 25.4 Å². The van der Waals surface area contributed by atoms with Crippen molar-refractivity contribution in [2.24, 2.45) is 0 Å². The maximum absolute atomic E-state index is 13.0. The number of halogens is 3.